The summed E-state index contributed by atoms with van der Waals surface area (Å²) in [5.41, 5.74) is 2.02. The highest BCUT2D eigenvalue weighted by molar-refractivity contribution is 7.12. The van der Waals surface area contributed by atoms with Gasteiger partial charge >= 0.3 is 4.87 Å². The minimum atomic E-state index is -0.175. The number of benzene rings is 2. The molecule has 0 radical (unpaired) electrons. The second-order valence-electron chi connectivity index (χ2n) is 5.56. The molecule has 0 aliphatic carbocycles. The SMILES string of the molecule is CC(NC(=O)Cn1cc(-c2ccccc2)sc1=O)c1ccccc1. The zero-order valence-corrected chi connectivity index (χ0v) is 14.1. The van der Waals surface area contributed by atoms with Gasteiger partial charge in [0.05, 0.1) is 10.9 Å². The minimum absolute atomic E-state index is 0.0271. The van der Waals surface area contributed by atoms with Crippen molar-refractivity contribution in [3.63, 3.8) is 0 Å². The third kappa shape index (κ3) is 3.81. The number of amides is 1. The smallest absolute Gasteiger partial charge is 0.308 e. The first-order valence-corrected chi connectivity index (χ1v) is 8.55. The average Bonchev–Trinajstić information content (AvgIpc) is 2.97. The summed E-state index contributed by atoms with van der Waals surface area (Å²) in [4.78, 5) is 25.1. The monoisotopic (exact) mass is 338 g/mol. The molecule has 0 bridgehead atoms. The van der Waals surface area contributed by atoms with Crippen molar-refractivity contribution in [2.24, 2.45) is 0 Å². The molecular weight excluding hydrogens is 320 g/mol. The molecule has 0 aliphatic rings. The molecule has 3 rings (SSSR count). The van der Waals surface area contributed by atoms with Crippen LogP contribution in [0.1, 0.15) is 18.5 Å². The third-order valence-electron chi connectivity index (χ3n) is 3.75. The molecule has 0 spiro atoms. The highest BCUT2D eigenvalue weighted by Gasteiger charge is 2.12. The molecule has 0 aliphatic heterocycles. The standard InChI is InChI=1S/C19H18N2O2S/c1-14(15-8-4-2-5-9-15)20-18(22)13-21-12-17(24-19(21)23)16-10-6-3-7-11-16/h2-12,14H,13H2,1H3,(H,20,22). The highest BCUT2D eigenvalue weighted by atomic mass is 32.1. The van der Waals surface area contributed by atoms with E-state index in [1.54, 1.807) is 6.20 Å². The van der Waals surface area contributed by atoms with Crippen molar-refractivity contribution in [3.8, 4) is 10.4 Å². The molecule has 5 heteroatoms. The fraction of sp³-hybridized carbons (Fsp3) is 0.158. The van der Waals surface area contributed by atoms with Gasteiger partial charge in [0.1, 0.15) is 6.54 Å². The van der Waals surface area contributed by atoms with Crippen LogP contribution in [0.3, 0.4) is 0 Å². The minimum Gasteiger partial charge on any atom is -0.348 e. The summed E-state index contributed by atoms with van der Waals surface area (Å²) in [6.45, 7) is 1.96. The largest absolute Gasteiger partial charge is 0.348 e. The van der Waals surface area contributed by atoms with Gasteiger partial charge in [-0.25, -0.2) is 0 Å². The maximum absolute atomic E-state index is 12.2. The van der Waals surface area contributed by atoms with E-state index in [0.29, 0.717) is 0 Å². The average molecular weight is 338 g/mol. The first kappa shape index (κ1) is 16.2. The van der Waals surface area contributed by atoms with Crippen LogP contribution in [0.4, 0.5) is 0 Å². The van der Waals surface area contributed by atoms with Crippen molar-refractivity contribution in [2.45, 2.75) is 19.5 Å². The molecule has 1 amide bonds. The number of thiazole rings is 1. The van der Waals surface area contributed by atoms with Crippen molar-refractivity contribution in [3.05, 3.63) is 82.1 Å². The summed E-state index contributed by atoms with van der Waals surface area (Å²) in [5.74, 6) is -0.175. The molecule has 1 unspecified atom stereocenters. The van der Waals surface area contributed by atoms with Crippen LogP contribution in [-0.2, 0) is 11.3 Å². The molecule has 122 valence electrons. The van der Waals surface area contributed by atoms with Gasteiger partial charge in [-0.05, 0) is 18.1 Å². The molecule has 1 atom stereocenters. The zero-order chi connectivity index (χ0) is 16.9. The van der Waals surface area contributed by atoms with Gasteiger partial charge in [-0.3, -0.25) is 14.2 Å². The van der Waals surface area contributed by atoms with E-state index in [4.69, 9.17) is 0 Å². The number of carbonyl (C=O) groups excluding carboxylic acids is 1. The van der Waals surface area contributed by atoms with Gasteiger partial charge < -0.3 is 5.32 Å². The quantitative estimate of drug-likeness (QED) is 0.774. The van der Waals surface area contributed by atoms with Crippen molar-refractivity contribution < 1.29 is 4.79 Å². The van der Waals surface area contributed by atoms with E-state index < -0.39 is 0 Å². The summed E-state index contributed by atoms with van der Waals surface area (Å²) in [7, 11) is 0. The van der Waals surface area contributed by atoms with Crippen molar-refractivity contribution in [1.82, 2.24) is 9.88 Å². The Morgan fingerprint density at radius 1 is 1.08 bits per heavy atom. The summed E-state index contributed by atoms with van der Waals surface area (Å²) >= 11 is 1.15. The number of nitrogens with zero attached hydrogens (tertiary/aromatic N) is 1. The topological polar surface area (TPSA) is 51.1 Å². The molecule has 3 aromatic rings. The molecule has 24 heavy (non-hydrogen) atoms. The van der Waals surface area contributed by atoms with Crippen LogP contribution in [0.2, 0.25) is 0 Å². The second-order valence-corrected chi connectivity index (χ2v) is 6.55. The summed E-state index contributed by atoms with van der Waals surface area (Å²) in [5, 5.41) is 2.93. The lowest BCUT2D eigenvalue weighted by Gasteiger charge is -2.14. The molecule has 4 nitrogen and oxygen atoms in total. The lowest BCUT2D eigenvalue weighted by Crippen LogP contribution is -2.32. The van der Waals surface area contributed by atoms with Gasteiger partial charge in [0.25, 0.3) is 0 Å². The Kier molecular flexibility index (Phi) is 4.91. The molecule has 1 heterocycles. The predicted molar refractivity (Wildman–Crippen MR) is 97.0 cm³/mol. The summed E-state index contributed by atoms with van der Waals surface area (Å²) in [6, 6.07) is 19.3. The van der Waals surface area contributed by atoms with E-state index >= 15 is 0 Å². The van der Waals surface area contributed by atoms with Crippen molar-refractivity contribution in [1.29, 1.82) is 0 Å². The van der Waals surface area contributed by atoms with Crippen LogP contribution in [-0.4, -0.2) is 10.5 Å². The number of hydrogen-bond donors (Lipinski definition) is 1. The van der Waals surface area contributed by atoms with Gasteiger partial charge in [-0.1, -0.05) is 72.0 Å². The maximum atomic E-state index is 12.2. The number of nitrogens with one attached hydrogen (secondary N) is 1. The van der Waals surface area contributed by atoms with E-state index in [1.807, 2.05) is 67.6 Å². The number of hydrogen-bond acceptors (Lipinski definition) is 3. The Morgan fingerprint density at radius 2 is 1.71 bits per heavy atom. The van der Waals surface area contributed by atoms with Crippen molar-refractivity contribution >= 4 is 17.2 Å². The fourth-order valence-corrected chi connectivity index (χ4v) is 3.34. The Bertz CT molecular complexity index is 869. The van der Waals surface area contributed by atoms with E-state index in [0.717, 1.165) is 27.3 Å². The second kappa shape index (κ2) is 7.27. The van der Waals surface area contributed by atoms with E-state index in [9.17, 15) is 9.59 Å². The van der Waals surface area contributed by atoms with Gasteiger partial charge in [-0.15, -0.1) is 0 Å². The fourth-order valence-electron chi connectivity index (χ4n) is 2.49. The zero-order valence-electron chi connectivity index (χ0n) is 13.3. The lowest BCUT2D eigenvalue weighted by molar-refractivity contribution is -0.122. The van der Waals surface area contributed by atoms with Gasteiger partial charge in [-0.2, -0.15) is 0 Å². The lowest BCUT2D eigenvalue weighted by atomic mass is 10.1. The van der Waals surface area contributed by atoms with Crippen molar-refractivity contribution in [2.75, 3.05) is 0 Å². The molecule has 0 saturated heterocycles. The van der Waals surface area contributed by atoms with Crippen LogP contribution in [0.5, 0.6) is 0 Å². The summed E-state index contributed by atoms with van der Waals surface area (Å²) in [6.07, 6.45) is 1.75. The predicted octanol–water partition coefficient (Wildman–Crippen LogP) is 3.45. The molecule has 1 aromatic heterocycles. The Labute approximate surface area is 144 Å². The van der Waals surface area contributed by atoms with Crippen LogP contribution in [0.15, 0.2) is 71.7 Å². The van der Waals surface area contributed by atoms with Gasteiger partial charge in [0.15, 0.2) is 0 Å². The molecular formula is C19H18N2O2S. The first-order valence-electron chi connectivity index (χ1n) is 7.73. The molecule has 0 saturated carbocycles. The van der Waals surface area contributed by atoms with Gasteiger partial charge in [0.2, 0.25) is 5.91 Å². The molecule has 0 fully saturated rings. The van der Waals surface area contributed by atoms with Crippen LogP contribution in [0, 0.1) is 0 Å². The van der Waals surface area contributed by atoms with E-state index in [-0.39, 0.29) is 23.4 Å². The van der Waals surface area contributed by atoms with Crippen LogP contribution >= 0.6 is 11.3 Å². The Morgan fingerprint density at radius 3 is 2.38 bits per heavy atom. The van der Waals surface area contributed by atoms with Crippen LogP contribution in [0.25, 0.3) is 10.4 Å². The third-order valence-corrected chi connectivity index (χ3v) is 4.72. The normalized spacial score (nSPS) is 11.9. The number of carbonyl (C=O) groups is 1. The highest BCUT2D eigenvalue weighted by Crippen LogP contribution is 2.21. The van der Waals surface area contributed by atoms with E-state index in [2.05, 4.69) is 5.32 Å². The summed E-state index contributed by atoms with van der Waals surface area (Å²) < 4.78 is 1.46. The number of aromatic nitrogens is 1. The number of rotatable bonds is 5. The Hall–Kier alpha value is -2.66. The van der Waals surface area contributed by atoms with E-state index in [1.165, 1.54) is 4.57 Å². The van der Waals surface area contributed by atoms with Gasteiger partial charge in [0, 0.05) is 6.20 Å². The maximum Gasteiger partial charge on any atom is 0.308 e. The van der Waals surface area contributed by atoms with Crippen LogP contribution < -0.4 is 10.2 Å². The first-order chi connectivity index (χ1) is 11.6. The molecule has 1 N–H and O–H groups in total. The Balaban J connectivity index is 1.69. The molecule has 2 aromatic carbocycles.